The van der Waals surface area contributed by atoms with Crippen LogP contribution in [0.25, 0.3) is 12.3 Å². The summed E-state index contributed by atoms with van der Waals surface area (Å²) in [6, 6.07) is 5.42. The maximum absolute atomic E-state index is 10.7. The highest BCUT2D eigenvalue weighted by Crippen LogP contribution is 2.06. The van der Waals surface area contributed by atoms with E-state index in [1.54, 1.807) is 36.8 Å². The number of hydrogen-bond donors (Lipinski definition) is 2. The summed E-state index contributed by atoms with van der Waals surface area (Å²) in [5.41, 5.74) is 0.0532. The largest absolute Gasteiger partial charge is 0.492 e. The molecule has 1 aliphatic rings. The number of ether oxygens (including phenoxy) is 1. The summed E-state index contributed by atoms with van der Waals surface area (Å²) in [5, 5.41) is 24.5. The van der Waals surface area contributed by atoms with Gasteiger partial charge in [-0.2, -0.15) is 0 Å². The molecular formula is C15H14N4O4. The highest BCUT2D eigenvalue weighted by molar-refractivity contribution is 5.52. The standard InChI is InChI=1S/C15H14N4O4/c20-15(19(21)22)13-9-14-11(10-17-13)3-6-18(14)7-8-23-12-1-4-16-5-2-12/h1-6,9-10,17,20H,7-8H2. The van der Waals surface area contributed by atoms with Gasteiger partial charge in [-0.3, -0.25) is 15.1 Å². The number of nitro groups is 1. The predicted molar refractivity (Wildman–Crippen MR) is 82.1 cm³/mol. The molecule has 2 N–H and O–H groups in total. The summed E-state index contributed by atoms with van der Waals surface area (Å²) in [4.78, 5) is 13.7. The molecule has 0 atom stereocenters. The fraction of sp³-hybridized carbons (Fsp3) is 0.133. The average molecular weight is 314 g/mol. The van der Waals surface area contributed by atoms with Crippen LogP contribution in [0, 0.1) is 10.1 Å². The molecule has 0 unspecified atom stereocenters. The molecule has 8 nitrogen and oxygen atoms in total. The Morgan fingerprint density at radius 3 is 2.91 bits per heavy atom. The molecule has 0 saturated carbocycles. The topological polar surface area (TPSA) is 102 Å². The number of fused-ring (bicyclic) bond motifs is 1. The molecule has 8 heteroatoms. The number of nitrogens with one attached hydrogen (secondary N) is 1. The third-order valence-corrected chi connectivity index (χ3v) is 3.37. The van der Waals surface area contributed by atoms with E-state index < -0.39 is 10.8 Å². The fourth-order valence-electron chi connectivity index (χ4n) is 2.24. The monoisotopic (exact) mass is 314 g/mol. The average Bonchev–Trinajstić information content (AvgIpc) is 2.97. The van der Waals surface area contributed by atoms with Crippen molar-refractivity contribution in [1.82, 2.24) is 14.9 Å². The number of hydrogen-bond acceptors (Lipinski definition) is 6. The van der Waals surface area contributed by atoms with Crippen LogP contribution in [0.3, 0.4) is 0 Å². The normalized spacial score (nSPS) is 14.8. The molecule has 0 bridgehead atoms. The second kappa shape index (κ2) is 6.22. The van der Waals surface area contributed by atoms with Gasteiger partial charge in [0.15, 0.2) is 5.70 Å². The molecule has 0 saturated heterocycles. The minimum absolute atomic E-state index is 0.0532. The first-order valence-electron chi connectivity index (χ1n) is 6.89. The molecule has 118 valence electrons. The van der Waals surface area contributed by atoms with Crippen molar-refractivity contribution in [3.8, 4) is 5.75 Å². The maximum atomic E-state index is 10.7. The van der Waals surface area contributed by atoms with Crippen molar-refractivity contribution in [3.63, 3.8) is 0 Å². The zero-order valence-corrected chi connectivity index (χ0v) is 12.0. The van der Waals surface area contributed by atoms with Gasteiger partial charge in [0.2, 0.25) is 0 Å². The minimum atomic E-state index is -0.910. The van der Waals surface area contributed by atoms with Gasteiger partial charge in [0.05, 0.1) is 11.9 Å². The van der Waals surface area contributed by atoms with E-state index >= 15 is 0 Å². The van der Waals surface area contributed by atoms with Crippen LogP contribution in [0.2, 0.25) is 0 Å². The molecule has 0 radical (unpaired) electrons. The van der Waals surface area contributed by atoms with Gasteiger partial charge in [0, 0.05) is 30.0 Å². The molecule has 3 heterocycles. The van der Waals surface area contributed by atoms with Crippen LogP contribution in [-0.2, 0) is 6.54 Å². The quantitative estimate of drug-likeness (QED) is 0.460. The Balaban J connectivity index is 1.79. The van der Waals surface area contributed by atoms with Crippen molar-refractivity contribution in [2.75, 3.05) is 6.61 Å². The van der Waals surface area contributed by atoms with Gasteiger partial charge in [0.1, 0.15) is 17.3 Å². The lowest BCUT2D eigenvalue weighted by Gasteiger charge is -2.09. The first-order valence-corrected chi connectivity index (χ1v) is 6.89. The zero-order valence-electron chi connectivity index (χ0n) is 12.0. The third-order valence-electron chi connectivity index (χ3n) is 3.37. The third kappa shape index (κ3) is 3.15. The lowest BCUT2D eigenvalue weighted by atomic mass is 10.3. The summed E-state index contributed by atoms with van der Waals surface area (Å²) < 4.78 is 7.52. The Morgan fingerprint density at radius 2 is 2.17 bits per heavy atom. The highest BCUT2D eigenvalue weighted by atomic mass is 16.7. The first kappa shape index (κ1) is 14.6. The molecule has 0 aromatic carbocycles. The van der Waals surface area contributed by atoms with E-state index in [1.807, 2.05) is 16.8 Å². The molecule has 1 aliphatic heterocycles. The predicted octanol–water partition coefficient (Wildman–Crippen LogP) is 0.0876. The second-order valence-electron chi connectivity index (χ2n) is 4.81. The molecule has 3 rings (SSSR count). The fourth-order valence-corrected chi connectivity index (χ4v) is 2.24. The summed E-state index contributed by atoms with van der Waals surface area (Å²) in [5.74, 6) is -0.183. The van der Waals surface area contributed by atoms with Crippen LogP contribution in [0.4, 0.5) is 0 Å². The number of nitrogens with zero attached hydrogens (tertiary/aromatic N) is 3. The van der Waals surface area contributed by atoms with Crippen LogP contribution < -0.4 is 20.6 Å². The SMILES string of the molecule is O=[N+]([O-])C(O)=C1C=c2c(ccn2CCOc2ccncc2)=CN1. The van der Waals surface area contributed by atoms with E-state index in [2.05, 4.69) is 10.3 Å². The van der Waals surface area contributed by atoms with E-state index in [-0.39, 0.29) is 5.70 Å². The second-order valence-corrected chi connectivity index (χ2v) is 4.81. The Hall–Kier alpha value is -3.29. The molecular weight excluding hydrogens is 300 g/mol. The van der Waals surface area contributed by atoms with Crippen molar-refractivity contribution in [2.45, 2.75) is 6.54 Å². The summed E-state index contributed by atoms with van der Waals surface area (Å²) in [6.45, 7) is 1.00. The highest BCUT2D eigenvalue weighted by Gasteiger charge is 2.16. The number of rotatable bonds is 5. The number of aliphatic hydroxyl groups is 1. The van der Waals surface area contributed by atoms with Gasteiger partial charge in [-0.05, 0) is 24.3 Å². The van der Waals surface area contributed by atoms with Crippen molar-refractivity contribution < 1.29 is 14.8 Å². The first-order chi connectivity index (χ1) is 11.1. The summed E-state index contributed by atoms with van der Waals surface area (Å²) in [6.07, 6.45) is 8.32. The zero-order chi connectivity index (χ0) is 16.2. The lowest BCUT2D eigenvalue weighted by Crippen LogP contribution is -2.36. The Labute approximate surface area is 130 Å². The molecule has 2 aromatic heterocycles. The van der Waals surface area contributed by atoms with E-state index in [1.165, 1.54) is 0 Å². The van der Waals surface area contributed by atoms with Crippen LogP contribution in [-0.4, -0.2) is 26.2 Å². The number of pyridine rings is 1. The molecule has 0 spiro atoms. The van der Waals surface area contributed by atoms with Crippen LogP contribution >= 0.6 is 0 Å². The van der Waals surface area contributed by atoms with E-state index in [9.17, 15) is 15.2 Å². The van der Waals surface area contributed by atoms with Gasteiger partial charge in [-0.15, -0.1) is 0 Å². The van der Waals surface area contributed by atoms with Crippen molar-refractivity contribution in [3.05, 3.63) is 69.1 Å². The molecule has 0 amide bonds. The molecule has 0 aliphatic carbocycles. The van der Waals surface area contributed by atoms with Gasteiger partial charge >= 0.3 is 5.88 Å². The minimum Gasteiger partial charge on any atom is -0.492 e. The summed E-state index contributed by atoms with van der Waals surface area (Å²) >= 11 is 0. The Bertz CT molecular complexity index is 871. The van der Waals surface area contributed by atoms with Gasteiger partial charge in [-0.1, -0.05) is 0 Å². The van der Waals surface area contributed by atoms with Crippen molar-refractivity contribution in [1.29, 1.82) is 0 Å². The van der Waals surface area contributed by atoms with Gasteiger partial charge < -0.3 is 19.7 Å². The molecule has 2 aromatic rings. The van der Waals surface area contributed by atoms with Crippen LogP contribution in [0.1, 0.15) is 0 Å². The van der Waals surface area contributed by atoms with Crippen LogP contribution in [0.5, 0.6) is 5.75 Å². The number of aliphatic hydroxyl groups excluding tert-OH is 1. The van der Waals surface area contributed by atoms with Gasteiger partial charge in [-0.25, -0.2) is 0 Å². The van der Waals surface area contributed by atoms with E-state index in [0.717, 1.165) is 16.3 Å². The van der Waals surface area contributed by atoms with E-state index in [4.69, 9.17) is 4.74 Å². The van der Waals surface area contributed by atoms with Gasteiger partial charge in [0.25, 0.3) is 0 Å². The number of allylic oxidation sites excluding steroid dienone is 1. The maximum Gasteiger partial charge on any atom is 0.449 e. The van der Waals surface area contributed by atoms with Crippen molar-refractivity contribution in [2.24, 2.45) is 0 Å². The lowest BCUT2D eigenvalue weighted by molar-refractivity contribution is -0.459. The smallest absolute Gasteiger partial charge is 0.449 e. The van der Waals surface area contributed by atoms with Crippen molar-refractivity contribution >= 4 is 12.3 Å². The summed E-state index contributed by atoms with van der Waals surface area (Å²) in [7, 11) is 0. The number of aromatic nitrogens is 2. The molecule has 0 fully saturated rings. The van der Waals surface area contributed by atoms with Crippen LogP contribution in [0.15, 0.2) is 48.4 Å². The van der Waals surface area contributed by atoms with E-state index in [0.29, 0.717) is 13.2 Å². The molecule has 23 heavy (non-hydrogen) atoms. The Morgan fingerprint density at radius 1 is 1.39 bits per heavy atom. The Kier molecular flexibility index (Phi) is 3.96.